The smallest absolute Gasteiger partial charge is 0.224 e. The zero-order chi connectivity index (χ0) is 19.7. The molecule has 0 spiro atoms. The normalized spacial score (nSPS) is 11.1. The Hall–Kier alpha value is -3.48. The summed E-state index contributed by atoms with van der Waals surface area (Å²) in [6.45, 7) is 1.97. The molecule has 0 saturated heterocycles. The number of aryl methyl sites for hydroxylation is 2. The van der Waals surface area contributed by atoms with Crippen LogP contribution in [0.25, 0.3) is 22.2 Å². The summed E-state index contributed by atoms with van der Waals surface area (Å²) in [5.74, 6) is -1.06. The van der Waals surface area contributed by atoms with E-state index in [1.54, 1.807) is 0 Å². The van der Waals surface area contributed by atoms with E-state index in [9.17, 15) is 13.6 Å². The highest BCUT2D eigenvalue weighted by Gasteiger charge is 2.13. The van der Waals surface area contributed by atoms with E-state index in [2.05, 4.69) is 15.3 Å². The van der Waals surface area contributed by atoms with E-state index in [0.29, 0.717) is 11.6 Å². The van der Waals surface area contributed by atoms with Crippen LogP contribution < -0.4 is 5.32 Å². The lowest BCUT2D eigenvalue weighted by molar-refractivity contribution is -0.116. The summed E-state index contributed by atoms with van der Waals surface area (Å²) in [5, 5.41) is 3.87. The van der Waals surface area contributed by atoms with E-state index in [4.69, 9.17) is 4.42 Å². The number of amides is 1. The van der Waals surface area contributed by atoms with Gasteiger partial charge in [-0.05, 0) is 43.3 Å². The van der Waals surface area contributed by atoms with Crippen LogP contribution in [0.5, 0.6) is 0 Å². The predicted molar refractivity (Wildman–Crippen MR) is 102 cm³/mol. The number of carbonyl (C=O) groups excluding carboxylic acids is 1. The maximum Gasteiger partial charge on any atom is 0.224 e. The lowest BCUT2D eigenvalue weighted by Gasteiger charge is -2.04. The standard InChI is InChI=1S/C21H17F2N3O2/c1-12-8-13-9-15(3-5-18(13)25-12)26-20(27)6-7-21-24-11-19(28-21)16-4-2-14(22)10-17(16)23/h2-5,8-11,25H,6-7H2,1H3,(H,26,27). The summed E-state index contributed by atoms with van der Waals surface area (Å²) in [6, 6.07) is 10.9. The predicted octanol–water partition coefficient (Wildman–Crippen LogP) is 4.98. The van der Waals surface area contributed by atoms with Crippen molar-refractivity contribution in [1.29, 1.82) is 0 Å². The van der Waals surface area contributed by atoms with Gasteiger partial charge in [0.2, 0.25) is 5.91 Å². The molecule has 7 heteroatoms. The average molecular weight is 381 g/mol. The maximum atomic E-state index is 13.8. The quantitative estimate of drug-likeness (QED) is 0.512. The summed E-state index contributed by atoms with van der Waals surface area (Å²) in [6.07, 6.45) is 1.79. The monoisotopic (exact) mass is 381 g/mol. The van der Waals surface area contributed by atoms with Crippen molar-refractivity contribution in [3.63, 3.8) is 0 Å². The molecule has 142 valence electrons. The summed E-state index contributed by atoms with van der Waals surface area (Å²) in [7, 11) is 0. The molecule has 0 fully saturated rings. The second-order valence-corrected chi connectivity index (χ2v) is 6.54. The number of aromatic amines is 1. The highest BCUT2D eigenvalue weighted by molar-refractivity contribution is 5.94. The number of H-pyrrole nitrogens is 1. The van der Waals surface area contributed by atoms with Gasteiger partial charge in [-0.15, -0.1) is 0 Å². The van der Waals surface area contributed by atoms with Gasteiger partial charge in [0, 0.05) is 41.2 Å². The van der Waals surface area contributed by atoms with E-state index in [-0.39, 0.29) is 30.1 Å². The molecule has 0 atom stereocenters. The molecule has 0 aliphatic heterocycles. The molecule has 0 unspecified atom stereocenters. The number of carbonyl (C=O) groups is 1. The number of nitrogens with zero attached hydrogens (tertiary/aromatic N) is 1. The third-order valence-corrected chi connectivity index (χ3v) is 4.36. The van der Waals surface area contributed by atoms with Crippen LogP contribution in [-0.4, -0.2) is 15.9 Å². The van der Waals surface area contributed by atoms with Crippen LogP contribution in [0.15, 0.2) is 53.1 Å². The summed E-state index contributed by atoms with van der Waals surface area (Å²) >= 11 is 0. The molecule has 4 rings (SSSR count). The molecule has 5 nitrogen and oxygen atoms in total. The van der Waals surface area contributed by atoms with Crippen LogP contribution in [0.4, 0.5) is 14.5 Å². The number of benzene rings is 2. The van der Waals surface area contributed by atoms with Crippen molar-refractivity contribution in [2.45, 2.75) is 19.8 Å². The molecule has 2 aromatic heterocycles. The van der Waals surface area contributed by atoms with Crippen LogP contribution in [0.2, 0.25) is 0 Å². The van der Waals surface area contributed by atoms with Crippen LogP contribution in [0, 0.1) is 18.6 Å². The van der Waals surface area contributed by atoms with Crippen molar-refractivity contribution in [3.05, 3.63) is 71.9 Å². The number of hydrogen-bond acceptors (Lipinski definition) is 3. The Balaban J connectivity index is 1.38. The lowest BCUT2D eigenvalue weighted by Crippen LogP contribution is -2.12. The number of rotatable bonds is 5. The van der Waals surface area contributed by atoms with Crippen molar-refractivity contribution in [2.24, 2.45) is 0 Å². The van der Waals surface area contributed by atoms with E-state index < -0.39 is 11.6 Å². The van der Waals surface area contributed by atoms with Gasteiger partial charge in [-0.25, -0.2) is 13.8 Å². The molecule has 4 aromatic rings. The summed E-state index contributed by atoms with van der Waals surface area (Å²) < 4.78 is 32.3. The first-order valence-corrected chi connectivity index (χ1v) is 8.77. The number of halogens is 2. The topological polar surface area (TPSA) is 70.9 Å². The van der Waals surface area contributed by atoms with Gasteiger partial charge in [0.15, 0.2) is 11.7 Å². The van der Waals surface area contributed by atoms with Crippen molar-refractivity contribution in [2.75, 3.05) is 5.32 Å². The minimum Gasteiger partial charge on any atom is -0.441 e. The summed E-state index contributed by atoms with van der Waals surface area (Å²) in [5.41, 5.74) is 2.89. The van der Waals surface area contributed by atoms with E-state index in [0.717, 1.165) is 28.7 Å². The maximum absolute atomic E-state index is 13.8. The molecule has 28 heavy (non-hydrogen) atoms. The number of aromatic nitrogens is 2. The molecule has 2 heterocycles. The number of hydrogen-bond donors (Lipinski definition) is 2. The van der Waals surface area contributed by atoms with Gasteiger partial charge in [0.1, 0.15) is 11.6 Å². The molecule has 0 radical (unpaired) electrons. The van der Waals surface area contributed by atoms with Crippen molar-refractivity contribution in [1.82, 2.24) is 9.97 Å². The Morgan fingerprint density at radius 3 is 2.86 bits per heavy atom. The number of oxazole rings is 1. The molecule has 0 aliphatic rings. The molecule has 2 N–H and O–H groups in total. The van der Waals surface area contributed by atoms with Crippen LogP contribution in [-0.2, 0) is 11.2 Å². The minimum absolute atomic E-state index is 0.125. The Kier molecular flexibility index (Phi) is 4.65. The molecule has 0 bridgehead atoms. The van der Waals surface area contributed by atoms with Crippen molar-refractivity contribution >= 4 is 22.5 Å². The van der Waals surface area contributed by atoms with Crippen LogP contribution in [0.3, 0.4) is 0 Å². The van der Waals surface area contributed by atoms with Gasteiger partial charge in [-0.1, -0.05) is 0 Å². The van der Waals surface area contributed by atoms with Gasteiger partial charge in [0.05, 0.1) is 11.8 Å². The summed E-state index contributed by atoms with van der Waals surface area (Å²) in [4.78, 5) is 19.5. The first-order valence-electron chi connectivity index (χ1n) is 8.77. The fourth-order valence-electron chi connectivity index (χ4n) is 3.04. The Labute approximate surface area is 159 Å². The van der Waals surface area contributed by atoms with Crippen LogP contribution in [0.1, 0.15) is 18.0 Å². The first-order chi connectivity index (χ1) is 13.5. The SMILES string of the molecule is Cc1cc2cc(NC(=O)CCc3ncc(-c4ccc(F)cc4F)o3)ccc2[nH]1. The molecule has 0 aliphatic carbocycles. The van der Waals surface area contributed by atoms with Crippen molar-refractivity contribution < 1.29 is 18.0 Å². The zero-order valence-electron chi connectivity index (χ0n) is 15.1. The highest BCUT2D eigenvalue weighted by Crippen LogP contribution is 2.25. The molecule has 0 saturated carbocycles. The van der Waals surface area contributed by atoms with Gasteiger partial charge in [0.25, 0.3) is 0 Å². The van der Waals surface area contributed by atoms with Gasteiger partial charge in [-0.3, -0.25) is 4.79 Å². The van der Waals surface area contributed by atoms with Gasteiger partial charge < -0.3 is 14.7 Å². The highest BCUT2D eigenvalue weighted by atomic mass is 19.1. The number of nitrogens with one attached hydrogen (secondary N) is 2. The fraction of sp³-hybridized carbons (Fsp3) is 0.143. The molecular weight excluding hydrogens is 364 g/mol. The zero-order valence-corrected chi connectivity index (χ0v) is 15.1. The Bertz CT molecular complexity index is 1160. The third kappa shape index (κ3) is 3.78. The lowest BCUT2D eigenvalue weighted by atomic mass is 10.2. The first kappa shape index (κ1) is 17.9. The van der Waals surface area contributed by atoms with E-state index in [1.165, 1.54) is 12.3 Å². The molecular formula is C21H17F2N3O2. The largest absolute Gasteiger partial charge is 0.441 e. The fourth-order valence-corrected chi connectivity index (χ4v) is 3.04. The second kappa shape index (κ2) is 7.26. The molecule has 2 aromatic carbocycles. The van der Waals surface area contributed by atoms with E-state index in [1.807, 2.05) is 31.2 Å². The van der Waals surface area contributed by atoms with Gasteiger partial charge in [-0.2, -0.15) is 0 Å². The Morgan fingerprint density at radius 1 is 1.18 bits per heavy atom. The Morgan fingerprint density at radius 2 is 2.04 bits per heavy atom. The van der Waals surface area contributed by atoms with Crippen molar-refractivity contribution in [3.8, 4) is 11.3 Å². The second-order valence-electron chi connectivity index (χ2n) is 6.54. The number of fused-ring (bicyclic) bond motifs is 1. The average Bonchev–Trinajstić information content (AvgIpc) is 3.25. The number of anilines is 1. The van der Waals surface area contributed by atoms with Gasteiger partial charge >= 0.3 is 0 Å². The third-order valence-electron chi connectivity index (χ3n) is 4.36. The molecule has 1 amide bonds. The van der Waals surface area contributed by atoms with E-state index >= 15 is 0 Å². The van der Waals surface area contributed by atoms with Crippen LogP contribution >= 0.6 is 0 Å². The minimum atomic E-state index is -0.726.